The molecule has 2 amide bonds. The minimum atomic E-state index is -4.07. The van der Waals surface area contributed by atoms with Crippen LogP contribution in [0.3, 0.4) is 0 Å². The lowest BCUT2D eigenvalue weighted by molar-refractivity contribution is -0.132. The molecule has 3 rings (SSSR count). The second-order valence-electron chi connectivity index (χ2n) is 12.7. The summed E-state index contributed by atoms with van der Waals surface area (Å²) in [6, 6.07) is 11.8. The summed E-state index contributed by atoms with van der Waals surface area (Å²) in [6.07, 6.45) is -0.581. The average Bonchev–Trinajstić information content (AvgIpc) is 3.45. The average molecular weight is 649 g/mol. The minimum Gasteiger partial charge on any atom is -0.454 e. The second-order valence-corrected chi connectivity index (χ2v) is 14.7. The Kier molecular flexibility index (Phi) is 13.2. The molecular formula is C32H48N4O8S. The molecule has 0 aromatic heterocycles. The lowest BCUT2D eigenvalue weighted by Crippen LogP contribution is -2.59. The highest BCUT2D eigenvalue weighted by Gasteiger charge is 2.37. The Morgan fingerprint density at radius 2 is 1.69 bits per heavy atom. The lowest BCUT2D eigenvalue weighted by atomic mass is 9.85. The summed E-state index contributed by atoms with van der Waals surface area (Å²) in [5, 5.41) is 29.2. The van der Waals surface area contributed by atoms with Crippen LogP contribution in [0.25, 0.3) is 0 Å². The van der Waals surface area contributed by atoms with Gasteiger partial charge in [0.2, 0.25) is 28.6 Å². The van der Waals surface area contributed by atoms with Gasteiger partial charge >= 0.3 is 0 Å². The van der Waals surface area contributed by atoms with Gasteiger partial charge < -0.3 is 35.6 Å². The molecule has 13 heteroatoms. The highest BCUT2D eigenvalue weighted by molar-refractivity contribution is 7.89. The zero-order valence-corrected chi connectivity index (χ0v) is 27.6. The third-order valence-electron chi connectivity index (χ3n) is 7.26. The maximum absolute atomic E-state index is 13.9. The molecule has 1 aliphatic rings. The van der Waals surface area contributed by atoms with Gasteiger partial charge in [0.1, 0.15) is 6.04 Å². The number of nitrogens with zero attached hydrogens (tertiary/aromatic N) is 1. The van der Waals surface area contributed by atoms with Gasteiger partial charge in [0.05, 0.1) is 23.6 Å². The van der Waals surface area contributed by atoms with E-state index < -0.39 is 39.5 Å². The second kappa shape index (κ2) is 16.4. The Hall–Kier alpha value is -3.23. The lowest BCUT2D eigenvalue weighted by Gasteiger charge is -2.34. The van der Waals surface area contributed by atoms with E-state index in [9.17, 15) is 23.1 Å². The molecule has 0 fully saturated rings. The van der Waals surface area contributed by atoms with Crippen molar-refractivity contribution < 1.29 is 37.7 Å². The van der Waals surface area contributed by atoms with Gasteiger partial charge in [-0.1, -0.05) is 65.0 Å². The van der Waals surface area contributed by atoms with Gasteiger partial charge in [-0.2, -0.15) is 4.31 Å². The fourth-order valence-electron chi connectivity index (χ4n) is 4.91. The molecule has 0 radical (unpaired) electrons. The molecule has 45 heavy (non-hydrogen) atoms. The molecule has 3 atom stereocenters. The van der Waals surface area contributed by atoms with Gasteiger partial charge in [-0.25, -0.2) is 8.42 Å². The summed E-state index contributed by atoms with van der Waals surface area (Å²) in [5.41, 5.74) is 0.153. The number of hydrogen-bond donors (Lipinski definition) is 5. The Morgan fingerprint density at radius 1 is 1.00 bits per heavy atom. The van der Waals surface area contributed by atoms with Gasteiger partial charge in [0.15, 0.2) is 11.5 Å². The largest absolute Gasteiger partial charge is 0.454 e. The normalized spacial score (nSPS) is 15.1. The van der Waals surface area contributed by atoms with E-state index in [0.29, 0.717) is 24.5 Å². The molecule has 1 heterocycles. The number of benzene rings is 2. The third kappa shape index (κ3) is 10.7. The molecule has 2 aromatic rings. The van der Waals surface area contributed by atoms with Crippen LogP contribution in [0, 0.1) is 11.3 Å². The number of aliphatic hydroxyl groups is 2. The summed E-state index contributed by atoms with van der Waals surface area (Å²) in [4.78, 5) is 26.4. The summed E-state index contributed by atoms with van der Waals surface area (Å²) in [6.45, 7) is 9.49. The van der Waals surface area contributed by atoms with Gasteiger partial charge in [-0.3, -0.25) is 9.59 Å². The first-order valence-corrected chi connectivity index (χ1v) is 16.7. The van der Waals surface area contributed by atoms with Crippen molar-refractivity contribution in [2.45, 2.75) is 70.5 Å². The zero-order chi connectivity index (χ0) is 33.2. The highest BCUT2D eigenvalue weighted by Crippen LogP contribution is 2.35. The first-order valence-electron chi connectivity index (χ1n) is 15.3. The molecular weight excluding hydrogens is 600 g/mol. The maximum Gasteiger partial charge on any atom is 0.243 e. The summed E-state index contributed by atoms with van der Waals surface area (Å²) in [5.74, 6) is -0.165. The van der Waals surface area contributed by atoms with Gasteiger partial charge in [0, 0.05) is 25.8 Å². The number of hydrogen-bond acceptors (Lipinski definition) is 9. The van der Waals surface area contributed by atoms with E-state index in [2.05, 4.69) is 16.0 Å². The van der Waals surface area contributed by atoms with Crippen molar-refractivity contribution in [1.82, 2.24) is 20.3 Å². The summed E-state index contributed by atoms with van der Waals surface area (Å²) >= 11 is 0. The number of ether oxygens (including phenoxy) is 2. The maximum atomic E-state index is 13.9. The van der Waals surface area contributed by atoms with Crippen molar-refractivity contribution in [3.05, 3.63) is 54.1 Å². The molecule has 0 spiro atoms. The minimum absolute atomic E-state index is 0.000635. The molecule has 2 aromatic carbocycles. The topological polar surface area (TPSA) is 167 Å². The number of carbonyl (C=O) groups is 2. The fraction of sp³-hybridized carbons (Fsp3) is 0.562. The first-order chi connectivity index (χ1) is 21.2. The van der Waals surface area contributed by atoms with Gasteiger partial charge in [-0.15, -0.1) is 0 Å². The summed E-state index contributed by atoms with van der Waals surface area (Å²) < 4.78 is 39.7. The predicted molar refractivity (Wildman–Crippen MR) is 170 cm³/mol. The Labute approximate surface area is 266 Å². The van der Waals surface area contributed by atoms with Crippen molar-refractivity contribution in [3.63, 3.8) is 0 Å². The monoisotopic (exact) mass is 648 g/mol. The molecule has 1 aliphatic heterocycles. The first kappa shape index (κ1) is 36.2. The number of nitrogens with one attached hydrogen (secondary N) is 3. The van der Waals surface area contributed by atoms with Crippen molar-refractivity contribution in [2.75, 3.05) is 39.6 Å². The molecule has 3 unspecified atom stereocenters. The van der Waals surface area contributed by atoms with Crippen molar-refractivity contribution >= 4 is 21.8 Å². The molecule has 5 N–H and O–H groups in total. The number of amides is 2. The standard InChI is InChI=1S/C32H48N4O8S/c1-22(2)19-36(45(41,42)24-12-13-27-28(17-24)44-21-43-27)20-26(38)25(16-23-10-7-6-8-11-23)34-31(40)30(32(3,4)5)35-29(39)18-33-14-9-15-37/h6-8,10-13,17,22,25-26,30,33,37-38H,9,14-16,18-21H2,1-5H3,(H,34,40)(H,35,39). The Balaban J connectivity index is 1.85. The molecule has 0 bridgehead atoms. The number of carbonyl (C=O) groups excluding carboxylic acids is 2. The van der Waals surface area contributed by atoms with Crippen LogP contribution in [0.1, 0.15) is 46.6 Å². The SMILES string of the molecule is CC(C)CN(CC(O)C(Cc1ccccc1)NC(=O)C(NC(=O)CNCCCO)C(C)(C)C)S(=O)(=O)c1ccc2c(c1)OCO2. The molecule has 250 valence electrons. The Morgan fingerprint density at radius 3 is 2.33 bits per heavy atom. The van der Waals surface area contributed by atoms with Gasteiger partial charge in [-0.05, 0) is 48.4 Å². The van der Waals surface area contributed by atoms with Crippen LogP contribution in [-0.4, -0.2) is 92.5 Å². The molecule has 0 saturated heterocycles. The van der Waals surface area contributed by atoms with E-state index in [0.717, 1.165) is 5.56 Å². The van der Waals surface area contributed by atoms with Crippen LogP contribution < -0.4 is 25.4 Å². The van der Waals surface area contributed by atoms with Crippen LogP contribution in [0.15, 0.2) is 53.4 Å². The summed E-state index contributed by atoms with van der Waals surface area (Å²) in [7, 11) is -4.07. The van der Waals surface area contributed by atoms with Crippen molar-refractivity contribution in [2.24, 2.45) is 11.3 Å². The highest BCUT2D eigenvalue weighted by atomic mass is 32.2. The molecule has 0 saturated carbocycles. The number of aliphatic hydroxyl groups excluding tert-OH is 2. The number of rotatable bonds is 17. The number of sulfonamides is 1. The van der Waals surface area contributed by atoms with Gasteiger partial charge in [0.25, 0.3) is 0 Å². The van der Waals surface area contributed by atoms with E-state index in [4.69, 9.17) is 14.6 Å². The molecule has 0 aliphatic carbocycles. The van der Waals surface area contributed by atoms with Crippen LogP contribution in [0.4, 0.5) is 0 Å². The van der Waals surface area contributed by atoms with Crippen LogP contribution in [-0.2, 0) is 26.0 Å². The van der Waals surface area contributed by atoms with Crippen LogP contribution in [0.5, 0.6) is 11.5 Å². The third-order valence-corrected chi connectivity index (χ3v) is 9.09. The molecule has 12 nitrogen and oxygen atoms in total. The van der Waals surface area contributed by atoms with Crippen LogP contribution in [0.2, 0.25) is 0 Å². The zero-order valence-electron chi connectivity index (χ0n) is 26.8. The van der Waals surface area contributed by atoms with E-state index in [1.165, 1.54) is 16.4 Å². The van der Waals surface area contributed by atoms with E-state index >= 15 is 0 Å². The van der Waals surface area contributed by atoms with Crippen LogP contribution >= 0.6 is 0 Å². The van der Waals surface area contributed by atoms with Crippen molar-refractivity contribution in [1.29, 1.82) is 0 Å². The predicted octanol–water partition coefficient (Wildman–Crippen LogP) is 1.65. The van der Waals surface area contributed by atoms with E-state index in [1.54, 1.807) is 6.07 Å². The fourth-order valence-corrected chi connectivity index (χ4v) is 6.55. The van der Waals surface area contributed by atoms with E-state index in [1.807, 2.05) is 65.0 Å². The quantitative estimate of drug-likeness (QED) is 0.160. The van der Waals surface area contributed by atoms with E-state index in [-0.39, 0.29) is 56.2 Å². The van der Waals surface area contributed by atoms with Crippen molar-refractivity contribution in [3.8, 4) is 11.5 Å². The number of fused-ring (bicyclic) bond motifs is 1. The smallest absolute Gasteiger partial charge is 0.243 e. The Bertz CT molecular complexity index is 1360.